The maximum absolute atomic E-state index is 10.1. The average molecular weight is 504 g/mol. The van der Waals surface area contributed by atoms with E-state index in [2.05, 4.69) is 71.6 Å². The quantitative estimate of drug-likeness (QED) is 0.274. The maximum Gasteiger partial charge on any atom is 0.191 e. The van der Waals surface area contributed by atoms with Gasteiger partial charge in [-0.15, -0.1) is 24.0 Å². The van der Waals surface area contributed by atoms with E-state index in [1.807, 2.05) is 0 Å². The van der Waals surface area contributed by atoms with Crippen molar-refractivity contribution in [2.24, 2.45) is 10.9 Å². The van der Waals surface area contributed by atoms with Gasteiger partial charge in [-0.1, -0.05) is 32.0 Å². The lowest BCUT2D eigenvalue weighted by molar-refractivity contribution is 0.0301. The van der Waals surface area contributed by atoms with E-state index in [1.54, 1.807) is 0 Å². The van der Waals surface area contributed by atoms with Gasteiger partial charge in [0.15, 0.2) is 5.96 Å². The number of guanidine groups is 1. The Morgan fingerprint density at radius 2 is 1.89 bits per heavy atom. The van der Waals surface area contributed by atoms with E-state index >= 15 is 0 Å². The third kappa shape index (κ3) is 9.43. The smallest absolute Gasteiger partial charge is 0.191 e. The van der Waals surface area contributed by atoms with Gasteiger partial charge in [0.25, 0.3) is 0 Å². The number of aliphatic hydroxyl groups excluding tert-OH is 1. The summed E-state index contributed by atoms with van der Waals surface area (Å²) < 4.78 is 5.49. The lowest BCUT2D eigenvalue weighted by Crippen LogP contribution is -2.49. The third-order valence-electron chi connectivity index (χ3n) is 4.52. The number of hydrogen-bond donors (Lipinski definition) is 3. The molecule has 1 heterocycles. The number of aliphatic hydroxyl groups is 1. The minimum Gasteiger partial charge on any atom is -0.389 e. The van der Waals surface area contributed by atoms with Crippen LogP contribution >= 0.6 is 24.0 Å². The number of halogens is 1. The monoisotopic (exact) mass is 504 g/mol. The number of nitrogens with zero attached hydrogens (tertiary/aromatic N) is 2. The highest BCUT2D eigenvalue weighted by Crippen LogP contribution is 2.19. The fourth-order valence-electron chi connectivity index (χ4n) is 3.12. The Morgan fingerprint density at radius 3 is 2.50 bits per heavy atom. The fraction of sp³-hybridized carbons (Fsp3) is 0.667. The Kier molecular flexibility index (Phi) is 12.5. The van der Waals surface area contributed by atoms with Crippen molar-refractivity contribution in [2.45, 2.75) is 45.8 Å². The van der Waals surface area contributed by atoms with Crippen molar-refractivity contribution in [3.05, 3.63) is 30.3 Å². The predicted octanol–water partition coefficient (Wildman–Crippen LogP) is 2.86. The zero-order valence-corrected chi connectivity index (χ0v) is 19.8. The molecule has 6 nitrogen and oxygen atoms in total. The van der Waals surface area contributed by atoms with E-state index in [9.17, 15) is 5.11 Å². The first-order valence-electron chi connectivity index (χ1n) is 10.2. The topological polar surface area (TPSA) is 69.1 Å². The minimum absolute atomic E-state index is 0. The van der Waals surface area contributed by atoms with Gasteiger partial charge in [0.05, 0.1) is 19.3 Å². The van der Waals surface area contributed by atoms with Crippen molar-refractivity contribution in [2.75, 3.05) is 44.3 Å². The Labute approximate surface area is 187 Å². The van der Waals surface area contributed by atoms with Crippen LogP contribution in [0.4, 0.5) is 5.69 Å². The van der Waals surface area contributed by atoms with Gasteiger partial charge in [-0.25, -0.2) is 0 Å². The predicted molar refractivity (Wildman–Crippen MR) is 128 cm³/mol. The first-order valence-corrected chi connectivity index (χ1v) is 10.2. The van der Waals surface area contributed by atoms with Crippen molar-refractivity contribution in [3.8, 4) is 0 Å². The molecular formula is C21H37IN4O2. The van der Waals surface area contributed by atoms with Gasteiger partial charge >= 0.3 is 0 Å². The van der Waals surface area contributed by atoms with E-state index in [4.69, 9.17) is 4.74 Å². The molecule has 1 saturated heterocycles. The molecule has 0 aliphatic carbocycles. The summed E-state index contributed by atoms with van der Waals surface area (Å²) in [5.74, 6) is 1.25. The molecule has 0 spiro atoms. The van der Waals surface area contributed by atoms with Crippen LogP contribution in [0, 0.1) is 5.92 Å². The molecule has 1 aliphatic rings. The molecule has 7 heteroatoms. The normalized spacial score (nSPS) is 16.6. The van der Waals surface area contributed by atoms with Crippen LogP contribution in [-0.4, -0.2) is 62.6 Å². The minimum atomic E-state index is -0.570. The van der Waals surface area contributed by atoms with Crippen LogP contribution in [0.5, 0.6) is 0 Å². The first-order chi connectivity index (χ1) is 13.1. The zero-order chi connectivity index (χ0) is 19.5. The van der Waals surface area contributed by atoms with Crippen molar-refractivity contribution >= 4 is 35.6 Å². The van der Waals surface area contributed by atoms with Crippen LogP contribution in [0.25, 0.3) is 0 Å². The summed E-state index contributed by atoms with van der Waals surface area (Å²) >= 11 is 0. The summed E-state index contributed by atoms with van der Waals surface area (Å²) in [6.45, 7) is 10.5. The molecule has 0 radical (unpaired) electrons. The zero-order valence-electron chi connectivity index (χ0n) is 17.4. The van der Waals surface area contributed by atoms with Gasteiger partial charge in [0.1, 0.15) is 0 Å². The number of hydrogen-bond acceptors (Lipinski definition) is 4. The molecule has 1 aliphatic heterocycles. The van der Waals surface area contributed by atoms with Crippen LogP contribution in [-0.2, 0) is 4.74 Å². The molecule has 28 heavy (non-hydrogen) atoms. The largest absolute Gasteiger partial charge is 0.389 e. The second-order valence-electron chi connectivity index (χ2n) is 7.55. The van der Waals surface area contributed by atoms with Gasteiger partial charge in [0.2, 0.25) is 0 Å². The van der Waals surface area contributed by atoms with Crippen molar-refractivity contribution in [1.29, 1.82) is 0 Å². The highest BCUT2D eigenvalue weighted by Gasteiger charge is 2.20. The molecule has 2 rings (SSSR count). The van der Waals surface area contributed by atoms with Crippen molar-refractivity contribution < 1.29 is 9.84 Å². The van der Waals surface area contributed by atoms with Crippen LogP contribution in [0.2, 0.25) is 0 Å². The number of para-hydroxylation sites is 1. The number of rotatable bonds is 9. The van der Waals surface area contributed by atoms with Crippen molar-refractivity contribution in [1.82, 2.24) is 10.6 Å². The van der Waals surface area contributed by atoms with Gasteiger partial charge in [-0.3, -0.25) is 4.99 Å². The maximum atomic E-state index is 10.1. The summed E-state index contributed by atoms with van der Waals surface area (Å²) in [6, 6.07) is 11.0. The van der Waals surface area contributed by atoms with E-state index in [0.717, 1.165) is 38.4 Å². The lowest BCUT2D eigenvalue weighted by atomic mass is 10.0. The van der Waals surface area contributed by atoms with Crippen molar-refractivity contribution in [3.63, 3.8) is 0 Å². The number of aliphatic imine (C=N–C) groups is 1. The Balaban J connectivity index is 0.00000392. The molecular weight excluding hydrogens is 467 g/mol. The summed E-state index contributed by atoms with van der Waals surface area (Å²) in [7, 11) is 0. The van der Waals surface area contributed by atoms with Crippen LogP contribution in [0.15, 0.2) is 35.3 Å². The molecule has 1 unspecified atom stereocenters. The molecule has 1 aromatic carbocycles. The lowest BCUT2D eigenvalue weighted by Gasteiger charge is -2.34. The molecule has 160 valence electrons. The van der Waals surface area contributed by atoms with E-state index < -0.39 is 6.10 Å². The molecule has 1 aromatic rings. The Bertz CT molecular complexity index is 549. The molecule has 0 amide bonds. The molecule has 1 atom stereocenters. The van der Waals surface area contributed by atoms with Crippen LogP contribution in [0.1, 0.15) is 33.6 Å². The Morgan fingerprint density at radius 1 is 1.21 bits per heavy atom. The highest BCUT2D eigenvalue weighted by atomic mass is 127. The van der Waals surface area contributed by atoms with Gasteiger partial charge < -0.3 is 25.4 Å². The van der Waals surface area contributed by atoms with Gasteiger partial charge in [-0.05, 0) is 37.8 Å². The van der Waals surface area contributed by atoms with E-state index in [0.29, 0.717) is 31.7 Å². The number of nitrogens with one attached hydrogen (secondary N) is 2. The van der Waals surface area contributed by atoms with Crippen LogP contribution < -0.4 is 15.5 Å². The van der Waals surface area contributed by atoms with Crippen LogP contribution in [0.3, 0.4) is 0 Å². The number of benzene rings is 1. The highest BCUT2D eigenvalue weighted by molar-refractivity contribution is 14.0. The van der Waals surface area contributed by atoms with E-state index in [1.165, 1.54) is 5.69 Å². The number of anilines is 1. The average Bonchev–Trinajstić information content (AvgIpc) is 2.67. The fourth-order valence-corrected chi connectivity index (χ4v) is 3.12. The summed E-state index contributed by atoms with van der Waals surface area (Å²) in [5, 5.41) is 16.8. The number of ether oxygens (including phenoxy) is 1. The molecule has 3 N–H and O–H groups in total. The number of piperidine rings is 1. The van der Waals surface area contributed by atoms with Gasteiger partial charge in [-0.2, -0.15) is 0 Å². The molecule has 1 fully saturated rings. The third-order valence-corrected chi connectivity index (χ3v) is 4.52. The summed E-state index contributed by atoms with van der Waals surface area (Å²) in [4.78, 5) is 6.96. The molecule has 0 bridgehead atoms. The first kappa shape index (κ1) is 25.0. The molecule has 0 aromatic heterocycles. The second-order valence-corrected chi connectivity index (χ2v) is 7.55. The Hall–Kier alpha value is -1.06. The van der Waals surface area contributed by atoms with Gasteiger partial charge in [0, 0.05) is 38.0 Å². The summed E-state index contributed by atoms with van der Waals surface area (Å²) in [5.41, 5.74) is 1.29. The molecule has 0 saturated carbocycles. The standard InChI is InChI=1S/C21H36N4O2.HI/c1-4-22-21(23-14-20(26)16-27-15-17(2)3)24-18-10-12-25(13-11-18)19-8-6-5-7-9-19;/h5-9,17-18,20,26H,4,10-16H2,1-3H3,(H2,22,23,24);1H. The summed E-state index contributed by atoms with van der Waals surface area (Å²) in [6.07, 6.45) is 1.57. The van der Waals surface area contributed by atoms with E-state index in [-0.39, 0.29) is 24.0 Å². The SMILES string of the molecule is CCNC(=NCC(O)COCC(C)C)NC1CCN(c2ccccc2)CC1.I. The second kappa shape index (κ2) is 14.0.